The lowest BCUT2D eigenvalue weighted by Crippen LogP contribution is -2.36. The van der Waals surface area contributed by atoms with Crippen molar-refractivity contribution in [3.8, 4) is 11.1 Å². The summed E-state index contributed by atoms with van der Waals surface area (Å²) < 4.78 is 2.98. The normalized spacial score (nSPS) is 20.7. The minimum absolute atomic E-state index is 0.0838. The van der Waals surface area contributed by atoms with E-state index in [1.807, 2.05) is 36.4 Å². The van der Waals surface area contributed by atoms with E-state index >= 15 is 0 Å². The van der Waals surface area contributed by atoms with Crippen LogP contribution in [0.3, 0.4) is 0 Å². The van der Waals surface area contributed by atoms with E-state index in [2.05, 4.69) is 22.2 Å². The topological polar surface area (TPSA) is 75.3 Å². The molecule has 2 atom stereocenters. The molecule has 0 saturated carbocycles. The number of ketones is 1. The predicted molar refractivity (Wildman–Crippen MR) is 105 cm³/mol. The number of carbonyl (C=O) groups is 3. The lowest BCUT2D eigenvalue weighted by molar-refractivity contribution is -0.127. The third-order valence-electron chi connectivity index (χ3n) is 5.17. The molecule has 1 aliphatic heterocycles. The molecule has 5 nitrogen and oxygen atoms in total. The molecule has 2 aromatic rings. The average Bonchev–Trinajstić information content (AvgIpc) is 3.30. The molecule has 1 saturated heterocycles. The van der Waals surface area contributed by atoms with Crippen LogP contribution in [0.2, 0.25) is 0 Å². The number of rotatable bonds is 6. The number of nitrogens with one attached hydrogen (secondary N) is 2. The van der Waals surface area contributed by atoms with Crippen LogP contribution in [0.15, 0.2) is 48.5 Å². The van der Waals surface area contributed by atoms with E-state index in [4.69, 9.17) is 0 Å². The number of benzene rings is 2. The van der Waals surface area contributed by atoms with Gasteiger partial charge in [-0.05, 0) is 22.3 Å². The Morgan fingerprint density at radius 1 is 1.04 bits per heavy atom. The lowest BCUT2D eigenvalue weighted by atomic mass is 9.97. The summed E-state index contributed by atoms with van der Waals surface area (Å²) in [7, 11) is 0. The summed E-state index contributed by atoms with van der Waals surface area (Å²) in [4.78, 5) is 35.9. The Morgan fingerprint density at radius 2 is 1.67 bits per heavy atom. The second-order valence-electron chi connectivity index (χ2n) is 6.85. The summed E-state index contributed by atoms with van der Waals surface area (Å²) in [5.74, 6) is 0.0497. The van der Waals surface area contributed by atoms with E-state index in [9.17, 15) is 14.4 Å². The Labute approximate surface area is 162 Å². The maximum Gasteiger partial charge on any atom is 0.221 e. The maximum atomic E-state index is 12.5. The quantitative estimate of drug-likeness (QED) is 0.595. The summed E-state index contributed by atoms with van der Waals surface area (Å²) in [5, 5.41) is 3.08. The van der Waals surface area contributed by atoms with Gasteiger partial charge in [-0.15, -0.1) is 0 Å². The molecular weight excluding hydrogens is 360 g/mol. The third-order valence-corrected chi connectivity index (χ3v) is 6.15. The molecule has 4 rings (SSSR count). The number of hydrogen-bond donors (Lipinski definition) is 2. The van der Waals surface area contributed by atoms with Gasteiger partial charge in [-0.1, -0.05) is 60.5 Å². The van der Waals surface area contributed by atoms with Crippen molar-refractivity contribution in [3.63, 3.8) is 0 Å². The molecule has 6 heteroatoms. The Kier molecular flexibility index (Phi) is 5.09. The van der Waals surface area contributed by atoms with Gasteiger partial charge in [-0.25, -0.2) is 0 Å². The zero-order valence-electron chi connectivity index (χ0n) is 14.7. The van der Waals surface area contributed by atoms with Crippen molar-refractivity contribution >= 4 is 29.9 Å². The number of carbonyl (C=O) groups excluding carboxylic acids is 3. The summed E-state index contributed by atoms with van der Waals surface area (Å²) in [5.41, 5.74) is 4.42. The van der Waals surface area contributed by atoms with E-state index < -0.39 is 6.04 Å². The molecule has 2 aliphatic rings. The summed E-state index contributed by atoms with van der Waals surface area (Å²) in [6.07, 6.45) is 1.07. The van der Waals surface area contributed by atoms with Crippen LogP contribution in [0.4, 0.5) is 0 Å². The monoisotopic (exact) mass is 380 g/mol. The van der Waals surface area contributed by atoms with Gasteiger partial charge in [0.15, 0.2) is 5.78 Å². The summed E-state index contributed by atoms with van der Waals surface area (Å²) in [6, 6.07) is 15.4. The molecule has 1 fully saturated rings. The highest BCUT2D eigenvalue weighted by atomic mass is 32.2. The van der Waals surface area contributed by atoms with Gasteiger partial charge in [0.05, 0.1) is 12.1 Å². The van der Waals surface area contributed by atoms with Crippen LogP contribution in [0.5, 0.6) is 0 Å². The number of Topliss-reactive ketones (excluding diaryl/α,β-unsaturated/α-hetero) is 1. The first-order chi connectivity index (χ1) is 13.2. The second kappa shape index (κ2) is 7.66. The first-order valence-electron chi connectivity index (χ1n) is 9.02. The van der Waals surface area contributed by atoms with Crippen LogP contribution in [-0.4, -0.2) is 29.8 Å². The van der Waals surface area contributed by atoms with Gasteiger partial charge in [0, 0.05) is 24.5 Å². The predicted octanol–water partition coefficient (Wildman–Crippen LogP) is 2.66. The molecule has 0 aromatic heterocycles. The standard InChI is InChI=1S/C21H20N2O3S/c24-11-13-12-27-23-20(13)18(25)9-10-19(26)22-21-16-7-3-1-5-14(16)15-6-2-4-8-17(15)21/h1-8,11,13,20-21,23H,9-10,12H2,(H,22,26)/t13-,20?/m1/s1. The van der Waals surface area contributed by atoms with E-state index in [-0.39, 0.29) is 36.5 Å². The molecule has 1 aliphatic carbocycles. The van der Waals surface area contributed by atoms with Crippen LogP contribution in [0.25, 0.3) is 11.1 Å². The van der Waals surface area contributed by atoms with Crippen LogP contribution in [-0.2, 0) is 14.4 Å². The highest BCUT2D eigenvalue weighted by molar-refractivity contribution is 7.97. The van der Waals surface area contributed by atoms with Crippen molar-refractivity contribution in [2.75, 3.05) is 5.75 Å². The smallest absolute Gasteiger partial charge is 0.221 e. The van der Waals surface area contributed by atoms with E-state index in [0.29, 0.717) is 5.75 Å². The summed E-state index contributed by atoms with van der Waals surface area (Å²) >= 11 is 1.39. The lowest BCUT2D eigenvalue weighted by Gasteiger charge is -2.17. The Hall–Kier alpha value is -2.44. The van der Waals surface area contributed by atoms with Crippen LogP contribution >= 0.6 is 11.9 Å². The number of fused-ring (bicyclic) bond motifs is 3. The molecule has 1 heterocycles. The zero-order chi connectivity index (χ0) is 18.8. The third kappa shape index (κ3) is 3.42. The molecule has 0 bridgehead atoms. The minimum atomic E-state index is -0.478. The Morgan fingerprint density at radius 3 is 2.30 bits per heavy atom. The highest BCUT2D eigenvalue weighted by Crippen LogP contribution is 2.43. The fourth-order valence-electron chi connectivity index (χ4n) is 3.78. The molecule has 2 N–H and O–H groups in total. The summed E-state index contributed by atoms with van der Waals surface area (Å²) in [6.45, 7) is 0. The Bertz CT molecular complexity index is 853. The number of hydrogen-bond acceptors (Lipinski definition) is 5. The van der Waals surface area contributed by atoms with Crippen molar-refractivity contribution in [2.24, 2.45) is 5.92 Å². The van der Waals surface area contributed by atoms with Gasteiger partial charge in [0.2, 0.25) is 5.91 Å². The van der Waals surface area contributed by atoms with Crippen LogP contribution in [0, 0.1) is 5.92 Å². The van der Waals surface area contributed by atoms with Gasteiger partial charge in [-0.2, -0.15) is 0 Å². The van der Waals surface area contributed by atoms with Crippen molar-refractivity contribution in [3.05, 3.63) is 59.7 Å². The van der Waals surface area contributed by atoms with E-state index in [0.717, 1.165) is 28.5 Å². The SMILES string of the molecule is O=C[C@@H]1CSNC1C(=O)CCC(=O)NC1c2ccccc2-c2ccccc21. The van der Waals surface area contributed by atoms with Crippen molar-refractivity contribution in [1.82, 2.24) is 10.0 Å². The molecule has 1 amide bonds. The second-order valence-corrected chi connectivity index (χ2v) is 7.71. The highest BCUT2D eigenvalue weighted by Gasteiger charge is 2.33. The largest absolute Gasteiger partial charge is 0.345 e. The Balaban J connectivity index is 1.43. The molecule has 0 spiro atoms. The first-order valence-corrected chi connectivity index (χ1v) is 10.0. The number of amides is 1. The maximum absolute atomic E-state index is 12.5. The molecular formula is C21H20N2O3S. The van der Waals surface area contributed by atoms with Crippen molar-refractivity contribution in [2.45, 2.75) is 24.9 Å². The van der Waals surface area contributed by atoms with Gasteiger partial charge < -0.3 is 10.1 Å². The minimum Gasteiger partial charge on any atom is -0.345 e. The number of aldehydes is 1. The first kappa shape index (κ1) is 17.9. The average molecular weight is 380 g/mol. The molecule has 1 unspecified atom stereocenters. The molecule has 138 valence electrons. The molecule has 2 aromatic carbocycles. The van der Waals surface area contributed by atoms with Gasteiger partial charge in [0.1, 0.15) is 6.29 Å². The fraction of sp³-hybridized carbons (Fsp3) is 0.286. The van der Waals surface area contributed by atoms with Crippen molar-refractivity contribution in [1.29, 1.82) is 0 Å². The van der Waals surface area contributed by atoms with E-state index in [1.54, 1.807) is 0 Å². The van der Waals surface area contributed by atoms with Gasteiger partial charge in [-0.3, -0.25) is 14.3 Å². The van der Waals surface area contributed by atoms with Crippen LogP contribution in [0.1, 0.15) is 30.0 Å². The molecule has 27 heavy (non-hydrogen) atoms. The zero-order valence-corrected chi connectivity index (χ0v) is 15.5. The van der Waals surface area contributed by atoms with Crippen LogP contribution < -0.4 is 10.0 Å². The van der Waals surface area contributed by atoms with Gasteiger partial charge in [0.25, 0.3) is 0 Å². The van der Waals surface area contributed by atoms with E-state index in [1.165, 1.54) is 11.9 Å². The molecule has 0 radical (unpaired) electrons. The fourth-order valence-corrected chi connectivity index (χ4v) is 4.82. The van der Waals surface area contributed by atoms with Gasteiger partial charge >= 0.3 is 0 Å². The van der Waals surface area contributed by atoms with Crippen molar-refractivity contribution < 1.29 is 14.4 Å².